The largest absolute Gasteiger partial charge is 0.467 e. The Labute approximate surface area is 164 Å². The van der Waals surface area contributed by atoms with Crippen molar-refractivity contribution in [2.75, 3.05) is 0 Å². The molecule has 4 rings (SSSR count). The third kappa shape index (κ3) is 3.36. The summed E-state index contributed by atoms with van der Waals surface area (Å²) in [5, 5.41) is 4.69. The van der Waals surface area contributed by atoms with E-state index in [1.54, 1.807) is 19.3 Å². The Balaban J connectivity index is 1.51. The molecule has 8 nitrogen and oxygen atoms in total. The monoisotopic (exact) mass is 398 g/mol. The van der Waals surface area contributed by atoms with E-state index >= 15 is 0 Å². The van der Waals surface area contributed by atoms with E-state index in [4.69, 9.17) is 9.15 Å². The average Bonchev–Trinajstić information content (AvgIpc) is 3.36. The van der Waals surface area contributed by atoms with E-state index in [-0.39, 0.29) is 12.2 Å². The number of fused-ring (bicyclic) bond motifs is 1. The number of ether oxygens (including phenoxy) is 1. The molecule has 0 fully saturated rings. The predicted octanol–water partition coefficient (Wildman–Crippen LogP) is 2.88. The van der Waals surface area contributed by atoms with Gasteiger partial charge in [0, 0.05) is 23.1 Å². The Morgan fingerprint density at radius 1 is 1.29 bits per heavy atom. The maximum absolute atomic E-state index is 12.6. The molecule has 0 bridgehead atoms. The number of nitrogens with zero attached hydrogens (tertiary/aromatic N) is 4. The van der Waals surface area contributed by atoms with Gasteiger partial charge in [0.15, 0.2) is 5.01 Å². The molecule has 0 amide bonds. The Morgan fingerprint density at radius 2 is 2.11 bits per heavy atom. The Kier molecular flexibility index (Phi) is 4.60. The number of rotatable bonds is 5. The number of hydrogen-bond acceptors (Lipinski definition) is 7. The van der Waals surface area contributed by atoms with E-state index in [9.17, 15) is 9.59 Å². The molecule has 9 heteroatoms. The van der Waals surface area contributed by atoms with Gasteiger partial charge in [-0.15, -0.1) is 0 Å². The highest BCUT2D eigenvalue weighted by atomic mass is 32.1. The summed E-state index contributed by atoms with van der Waals surface area (Å²) < 4.78 is 14.0. The van der Waals surface area contributed by atoms with E-state index in [1.807, 2.05) is 30.5 Å². The highest BCUT2D eigenvalue weighted by molar-refractivity contribution is 7.16. The van der Waals surface area contributed by atoms with Crippen molar-refractivity contribution in [3.63, 3.8) is 0 Å². The quantitative estimate of drug-likeness (QED) is 0.480. The summed E-state index contributed by atoms with van der Waals surface area (Å²) in [7, 11) is 0. The van der Waals surface area contributed by atoms with E-state index in [0.717, 1.165) is 17.1 Å². The van der Waals surface area contributed by atoms with Gasteiger partial charge < -0.3 is 13.7 Å². The zero-order valence-corrected chi connectivity index (χ0v) is 16.4. The minimum Gasteiger partial charge on any atom is -0.467 e. The smallest absolute Gasteiger partial charge is 0.340 e. The topological polar surface area (TPSA) is 91.6 Å². The predicted molar refractivity (Wildman–Crippen MR) is 103 cm³/mol. The van der Waals surface area contributed by atoms with Crippen LogP contribution in [0.15, 0.2) is 39.7 Å². The van der Waals surface area contributed by atoms with Crippen LogP contribution in [0.1, 0.15) is 38.2 Å². The van der Waals surface area contributed by atoms with Gasteiger partial charge in [-0.25, -0.2) is 9.78 Å². The fourth-order valence-corrected chi connectivity index (χ4v) is 3.89. The molecule has 0 unspecified atom stereocenters. The number of carbonyl (C=O) groups is 1. The zero-order valence-electron chi connectivity index (χ0n) is 15.6. The summed E-state index contributed by atoms with van der Waals surface area (Å²) in [5.74, 6) is 0.374. The van der Waals surface area contributed by atoms with E-state index in [1.165, 1.54) is 21.9 Å². The first kappa shape index (κ1) is 18.2. The van der Waals surface area contributed by atoms with Gasteiger partial charge in [0.05, 0.1) is 18.4 Å². The van der Waals surface area contributed by atoms with Crippen LogP contribution in [0.2, 0.25) is 0 Å². The van der Waals surface area contributed by atoms with Crippen LogP contribution in [0.25, 0.3) is 4.96 Å². The molecule has 144 valence electrons. The lowest BCUT2D eigenvalue weighted by Crippen LogP contribution is -2.14. The molecule has 0 saturated carbocycles. The van der Waals surface area contributed by atoms with Gasteiger partial charge in [-0.1, -0.05) is 11.3 Å². The molecule has 4 heterocycles. The van der Waals surface area contributed by atoms with Crippen LogP contribution in [-0.4, -0.2) is 25.1 Å². The van der Waals surface area contributed by atoms with Crippen molar-refractivity contribution in [2.45, 2.75) is 33.9 Å². The molecule has 28 heavy (non-hydrogen) atoms. The molecular weight excluding hydrogens is 380 g/mol. The lowest BCUT2D eigenvalue weighted by Gasteiger charge is -2.07. The Morgan fingerprint density at radius 3 is 2.86 bits per heavy atom. The maximum Gasteiger partial charge on any atom is 0.340 e. The first-order chi connectivity index (χ1) is 13.4. The summed E-state index contributed by atoms with van der Waals surface area (Å²) in [6.45, 7) is 6.08. The van der Waals surface area contributed by atoms with Crippen LogP contribution >= 0.6 is 11.3 Å². The molecule has 0 aromatic carbocycles. The number of aromatic nitrogens is 4. The highest BCUT2D eigenvalue weighted by Gasteiger charge is 2.18. The number of aryl methyl sites for hydroxylation is 2. The summed E-state index contributed by atoms with van der Waals surface area (Å²) in [4.78, 5) is 29.3. The van der Waals surface area contributed by atoms with E-state index in [2.05, 4.69) is 10.1 Å². The van der Waals surface area contributed by atoms with Crippen LogP contribution in [0.4, 0.5) is 0 Å². The molecule has 4 aromatic rings. The summed E-state index contributed by atoms with van der Waals surface area (Å²) in [5.41, 5.74) is 2.61. The van der Waals surface area contributed by atoms with Crippen molar-refractivity contribution >= 4 is 22.3 Å². The summed E-state index contributed by atoms with van der Waals surface area (Å²) in [6, 6.07) is 6.94. The Bertz CT molecular complexity index is 1220. The van der Waals surface area contributed by atoms with Gasteiger partial charge in [-0.2, -0.15) is 9.61 Å². The van der Waals surface area contributed by atoms with Crippen LogP contribution in [0.3, 0.4) is 0 Å². The third-order valence-corrected chi connectivity index (χ3v) is 5.31. The normalized spacial score (nSPS) is 11.2. The molecule has 0 aliphatic carbocycles. The fourth-order valence-electron chi connectivity index (χ4n) is 3.03. The van der Waals surface area contributed by atoms with E-state index < -0.39 is 5.97 Å². The lowest BCUT2D eigenvalue weighted by atomic mass is 10.2. The SMILES string of the molecule is Cc1cc(=O)n2nc(COC(=O)c3cc(C)n(Cc4ccco4)c3C)sc2n1. The fraction of sp³-hybridized carbons (Fsp3) is 0.263. The van der Waals surface area contributed by atoms with E-state index in [0.29, 0.717) is 27.8 Å². The molecule has 0 saturated heterocycles. The van der Waals surface area contributed by atoms with Gasteiger partial charge in [0.1, 0.15) is 12.4 Å². The van der Waals surface area contributed by atoms with Crippen LogP contribution in [0, 0.1) is 20.8 Å². The van der Waals surface area contributed by atoms with Crippen molar-refractivity contribution in [3.8, 4) is 0 Å². The minimum atomic E-state index is -0.436. The van der Waals surface area contributed by atoms with Crippen molar-refractivity contribution in [1.29, 1.82) is 0 Å². The maximum atomic E-state index is 12.6. The van der Waals surface area contributed by atoms with Crippen LogP contribution in [0.5, 0.6) is 0 Å². The number of esters is 1. The van der Waals surface area contributed by atoms with Crippen LogP contribution < -0.4 is 5.56 Å². The molecule has 0 spiro atoms. The molecule has 4 aromatic heterocycles. The molecule has 0 radical (unpaired) electrons. The summed E-state index contributed by atoms with van der Waals surface area (Å²) >= 11 is 1.22. The second kappa shape index (κ2) is 7.08. The second-order valence-electron chi connectivity index (χ2n) is 6.45. The first-order valence-corrected chi connectivity index (χ1v) is 9.46. The van der Waals surface area contributed by atoms with Crippen molar-refractivity contribution < 1.29 is 13.9 Å². The average molecular weight is 398 g/mol. The molecule has 0 aliphatic rings. The first-order valence-electron chi connectivity index (χ1n) is 8.65. The lowest BCUT2D eigenvalue weighted by molar-refractivity contribution is 0.0470. The Hall–Kier alpha value is -3.20. The molecule has 0 atom stereocenters. The van der Waals surface area contributed by atoms with Gasteiger partial charge in [-0.05, 0) is 39.0 Å². The van der Waals surface area contributed by atoms with Crippen molar-refractivity contribution in [2.24, 2.45) is 0 Å². The van der Waals surface area contributed by atoms with Gasteiger partial charge in [0.25, 0.3) is 5.56 Å². The van der Waals surface area contributed by atoms with Gasteiger partial charge >= 0.3 is 5.97 Å². The zero-order chi connectivity index (χ0) is 19.8. The van der Waals surface area contributed by atoms with Crippen LogP contribution in [-0.2, 0) is 17.9 Å². The second-order valence-corrected chi connectivity index (χ2v) is 7.49. The number of furan rings is 1. The van der Waals surface area contributed by atoms with Gasteiger partial charge in [0.2, 0.25) is 4.96 Å². The highest BCUT2D eigenvalue weighted by Crippen LogP contribution is 2.20. The summed E-state index contributed by atoms with van der Waals surface area (Å²) in [6.07, 6.45) is 1.62. The number of carbonyl (C=O) groups excluding carboxylic acids is 1. The minimum absolute atomic E-state index is 0.0206. The van der Waals surface area contributed by atoms with Crippen molar-refractivity contribution in [1.82, 2.24) is 19.2 Å². The molecule has 0 N–H and O–H groups in total. The molecule has 0 aliphatic heterocycles. The van der Waals surface area contributed by atoms with Crippen molar-refractivity contribution in [3.05, 3.63) is 74.3 Å². The number of hydrogen-bond donors (Lipinski definition) is 0. The third-order valence-electron chi connectivity index (χ3n) is 4.43. The van der Waals surface area contributed by atoms with Gasteiger partial charge in [-0.3, -0.25) is 4.79 Å². The standard InChI is InChI=1S/C19H18N4O4S/c1-11-7-17(24)23-19(20-11)28-16(21-23)10-27-18(25)15-8-12(2)22(13(15)3)9-14-5-4-6-26-14/h4-8H,9-10H2,1-3H3. The molecular formula is C19H18N4O4S.